The molecule has 0 aliphatic heterocycles. The number of nitrogens with zero attached hydrogens (tertiary/aromatic N) is 1. The van der Waals surface area contributed by atoms with E-state index in [9.17, 15) is 0 Å². The van der Waals surface area contributed by atoms with Crippen molar-refractivity contribution < 1.29 is 0 Å². The first-order chi connectivity index (χ1) is 7.99. The molecule has 102 valence electrons. The van der Waals surface area contributed by atoms with Gasteiger partial charge in [-0.05, 0) is 50.3 Å². The Morgan fingerprint density at radius 2 is 1.71 bits per heavy atom. The van der Waals surface area contributed by atoms with Crippen LogP contribution in [-0.2, 0) is 0 Å². The zero-order valence-corrected chi connectivity index (χ0v) is 13.1. The van der Waals surface area contributed by atoms with Gasteiger partial charge >= 0.3 is 0 Å². The highest BCUT2D eigenvalue weighted by molar-refractivity contribution is 7.80. The molecule has 1 fully saturated rings. The molecule has 0 heterocycles. The molecule has 1 saturated carbocycles. The summed E-state index contributed by atoms with van der Waals surface area (Å²) < 4.78 is 0. The maximum Gasteiger partial charge on any atom is 0.00665 e. The Hall–Kier alpha value is 0.310. The SMILES string of the molecule is CC(C)CC(C)N(C)CC1(CS)CCCCC1. The molecule has 17 heavy (non-hydrogen) atoms. The second-order valence-electron chi connectivity index (χ2n) is 6.61. The molecule has 0 aromatic rings. The number of hydrogen-bond acceptors (Lipinski definition) is 2. The minimum absolute atomic E-state index is 0.501. The molecule has 0 amide bonds. The maximum atomic E-state index is 4.64. The van der Waals surface area contributed by atoms with Crippen LogP contribution in [0.3, 0.4) is 0 Å². The minimum Gasteiger partial charge on any atom is -0.303 e. The summed E-state index contributed by atoms with van der Waals surface area (Å²) in [5.74, 6) is 1.86. The first-order valence-corrected chi connectivity index (χ1v) is 7.93. The van der Waals surface area contributed by atoms with Crippen molar-refractivity contribution in [3.8, 4) is 0 Å². The van der Waals surface area contributed by atoms with Crippen LogP contribution in [0.5, 0.6) is 0 Å². The van der Waals surface area contributed by atoms with Crippen LogP contribution in [0, 0.1) is 11.3 Å². The van der Waals surface area contributed by atoms with E-state index in [-0.39, 0.29) is 0 Å². The third-order valence-electron chi connectivity index (χ3n) is 4.40. The highest BCUT2D eigenvalue weighted by atomic mass is 32.1. The van der Waals surface area contributed by atoms with Crippen molar-refractivity contribution in [3.05, 3.63) is 0 Å². The lowest BCUT2D eigenvalue weighted by Crippen LogP contribution is -2.42. The standard InChI is InChI=1S/C15H31NS/c1-13(2)10-14(3)16(4)11-15(12-17)8-6-5-7-9-15/h13-14,17H,5-12H2,1-4H3. The summed E-state index contributed by atoms with van der Waals surface area (Å²) in [6.07, 6.45) is 8.32. The van der Waals surface area contributed by atoms with Gasteiger partial charge in [0.25, 0.3) is 0 Å². The maximum absolute atomic E-state index is 4.64. The molecule has 0 aromatic heterocycles. The van der Waals surface area contributed by atoms with Gasteiger partial charge in [0.15, 0.2) is 0 Å². The fraction of sp³-hybridized carbons (Fsp3) is 1.00. The van der Waals surface area contributed by atoms with E-state index in [1.165, 1.54) is 45.1 Å². The third-order valence-corrected chi connectivity index (χ3v) is 5.07. The number of rotatable bonds is 6. The molecule has 0 radical (unpaired) electrons. The zero-order chi connectivity index (χ0) is 12.9. The Bertz CT molecular complexity index is 209. The van der Waals surface area contributed by atoms with Crippen LogP contribution in [0.2, 0.25) is 0 Å². The van der Waals surface area contributed by atoms with E-state index in [2.05, 4.69) is 45.3 Å². The molecular formula is C15H31NS. The van der Waals surface area contributed by atoms with Crippen LogP contribution < -0.4 is 0 Å². The van der Waals surface area contributed by atoms with Gasteiger partial charge in [-0.3, -0.25) is 0 Å². The molecule has 1 atom stereocenters. The average molecular weight is 257 g/mol. The summed E-state index contributed by atoms with van der Waals surface area (Å²) in [5, 5.41) is 0. The first kappa shape index (κ1) is 15.4. The molecule has 1 nitrogen and oxygen atoms in total. The predicted octanol–water partition coefficient (Wildman–Crippen LogP) is 4.23. The molecule has 0 aromatic carbocycles. The molecule has 1 unspecified atom stereocenters. The van der Waals surface area contributed by atoms with Crippen LogP contribution in [-0.4, -0.2) is 30.3 Å². The number of hydrogen-bond donors (Lipinski definition) is 1. The van der Waals surface area contributed by atoms with E-state index in [0.29, 0.717) is 11.5 Å². The largest absolute Gasteiger partial charge is 0.303 e. The highest BCUT2D eigenvalue weighted by Gasteiger charge is 2.32. The van der Waals surface area contributed by atoms with Gasteiger partial charge in [0.05, 0.1) is 0 Å². The summed E-state index contributed by atoms with van der Waals surface area (Å²) in [7, 11) is 2.30. The first-order valence-electron chi connectivity index (χ1n) is 7.30. The van der Waals surface area contributed by atoms with Gasteiger partial charge in [-0.2, -0.15) is 12.6 Å². The van der Waals surface area contributed by atoms with Crippen molar-refractivity contribution in [2.24, 2.45) is 11.3 Å². The van der Waals surface area contributed by atoms with Crippen molar-refractivity contribution in [3.63, 3.8) is 0 Å². The fourth-order valence-electron chi connectivity index (χ4n) is 3.22. The molecule has 0 bridgehead atoms. The van der Waals surface area contributed by atoms with Gasteiger partial charge < -0.3 is 4.90 Å². The second-order valence-corrected chi connectivity index (χ2v) is 6.93. The van der Waals surface area contributed by atoms with Crippen LogP contribution in [0.25, 0.3) is 0 Å². The summed E-state index contributed by atoms with van der Waals surface area (Å²) in [6, 6.07) is 0.702. The smallest absolute Gasteiger partial charge is 0.00665 e. The van der Waals surface area contributed by atoms with Crippen LogP contribution in [0.1, 0.15) is 59.3 Å². The molecule has 2 heteroatoms. The normalized spacial score (nSPS) is 22.1. The summed E-state index contributed by atoms with van der Waals surface area (Å²) in [4.78, 5) is 2.57. The minimum atomic E-state index is 0.501. The van der Waals surface area contributed by atoms with E-state index < -0.39 is 0 Å². The Balaban J connectivity index is 2.49. The van der Waals surface area contributed by atoms with Crippen molar-refractivity contribution in [2.45, 2.75) is 65.3 Å². The topological polar surface area (TPSA) is 3.24 Å². The molecule has 0 spiro atoms. The third kappa shape index (κ3) is 4.82. The van der Waals surface area contributed by atoms with Crippen molar-refractivity contribution in [1.29, 1.82) is 0 Å². The van der Waals surface area contributed by atoms with E-state index in [0.717, 1.165) is 11.7 Å². The summed E-state index contributed by atoms with van der Waals surface area (Å²) >= 11 is 4.64. The molecule has 0 N–H and O–H groups in total. The lowest BCUT2D eigenvalue weighted by Gasteiger charge is -2.41. The number of thiol groups is 1. The predicted molar refractivity (Wildman–Crippen MR) is 80.9 cm³/mol. The van der Waals surface area contributed by atoms with Gasteiger partial charge in [0, 0.05) is 12.6 Å². The van der Waals surface area contributed by atoms with E-state index >= 15 is 0 Å². The second kappa shape index (κ2) is 7.04. The van der Waals surface area contributed by atoms with Gasteiger partial charge in [-0.15, -0.1) is 0 Å². The Morgan fingerprint density at radius 3 is 2.18 bits per heavy atom. The van der Waals surface area contributed by atoms with Crippen molar-refractivity contribution in [2.75, 3.05) is 19.3 Å². The zero-order valence-electron chi connectivity index (χ0n) is 12.2. The van der Waals surface area contributed by atoms with E-state index in [4.69, 9.17) is 0 Å². The Labute approximate surface area is 114 Å². The average Bonchev–Trinajstić information content (AvgIpc) is 2.29. The lowest BCUT2D eigenvalue weighted by molar-refractivity contribution is 0.112. The summed E-state index contributed by atoms with van der Waals surface area (Å²) in [6.45, 7) is 8.25. The molecular weight excluding hydrogens is 226 g/mol. The molecule has 1 rings (SSSR count). The quantitative estimate of drug-likeness (QED) is 0.697. The van der Waals surface area contributed by atoms with Crippen molar-refractivity contribution >= 4 is 12.6 Å². The van der Waals surface area contributed by atoms with Gasteiger partial charge in [-0.1, -0.05) is 33.1 Å². The van der Waals surface area contributed by atoms with E-state index in [1.807, 2.05) is 0 Å². The molecule has 1 aliphatic rings. The van der Waals surface area contributed by atoms with Crippen LogP contribution >= 0.6 is 12.6 Å². The van der Waals surface area contributed by atoms with Crippen LogP contribution in [0.15, 0.2) is 0 Å². The molecule has 0 saturated heterocycles. The monoisotopic (exact) mass is 257 g/mol. The molecule has 1 aliphatic carbocycles. The Morgan fingerprint density at radius 1 is 1.12 bits per heavy atom. The van der Waals surface area contributed by atoms with E-state index in [1.54, 1.807) is 0 Å². The van der Waals surface area contributed by atoms with Gasteiger partial charge in [0.1, 0.15) is 0 Å². The summed E-state index contributed by atoms with van der Waals surface area (Å²) in [5.41, 5.74) is 0.501. The fourth-order valence-corrected chi connectivity index (χ4v) is 3.63. The Kier molecular flexibility index (Phi) is 6.36. The highest BCUT2D eigenvalue weighted by Crippen LogP contribution is 2.38. The lowest BCUT2D eigenvalue weighted by atomic mass is 9.75. The van der Waals surface area contributed by atoms with Crippen molar-refractivity contribution in [1.82, 2.24) is 4.90 Å². The van der Waals surface area contributed by atoms with Gasteiger partial charge in [-0.25, -0.2) is 0 Å². The van der Waals surface area contributed by atoms with Crippen LogP contribution in [0.4, 0.5) is 0 Å². The van der Waals surface area contributed by atoms with Gasteiger partial charge in [0.2, 0.25) is 0 Å².